The number of aromatic nitrogens is 3. The molecule has 0 spiro atoms. The number of benzene rings is 2. The molecule has 0 aliphatic carbocycles. The standard InChI is InChI=1S/C77H116N24O21S2/c1-39(2)29-53(97-68(112)49(19-14-27-85-77(82)83)94-69(113)50(20-23-58(78)102)95-71(115)52(22-25-63(107)108)101-124(121,122)45-15-10-9-11-16-45)67(111)87-36-61(105)92-57(33-60(80)104)75(119)96-51(21-24-59(79)103)70(114)99-55(31-43-34-86-47-18-13-12-17-46(43)47)72(116)90-42(7)66(110)100-64(41(5)6)76(120)88-37-62(106)91-56(32-44-35-84-38-89-44)74(118)98-54(30-40(3)4)73(117)93-48(65(81)109)26-28-123-8/h9-13,15-18,34-35,38-42,48-57,64,86,101H,14,19-33,36-37H2,1-8H3,(H2,78,102)(H2,79,103)(H2,80,104)(H2,81,109)(H,84,89)(H,87,111)(H,88,120)(H,90,116)(H,91,106)(H,92,105)(H,93,117)(H,94,113)(H,95,115)(H,96,119)(H,97,112)(H,98,118)(H,99,114)(H,100,110)(H,107,108)(H4,82,83,85)/t42-,48-,49-,50-,51-,52-,53-,54-,55-,56-,57-,64-/m0/s1. The fourth-order valence-electron chi connectivity index (χ4n) is 12.3. The molecule has 0 aliphatic heterocycles. The molecule has 2 aromatic heterocycles. The number of nitrogens with zero attached hydrogens (tertiary/aromatic N) is 1. The lowest BCUT2D eigenvalue weighted by molar-refractivity contribution is -0.138. The summed E-state index contributed by atoms with van der Waals surface area (Å²) in [7, 11) is -4.50. The summed E-state index contributed by atoms with van der Waals surface area (Å²) in [6, 6.07) is -5.08. The van der Waals surface area contributed by atoms with Gasteiger partial charge in [0.1, 0.15) is 72.5 Å². The predicted octanol–water partition coefficient (Wildman–Crippen LogP) is -5.87. The van der Waals surface area contributed by atoms with Gasteiger partial charge in [0, 0.05) is 61.9 Å². The summed E-state index contributed by atoms with van der Waals surface area (Å²) in [6.07, 6.45) is 0.958. The number of hydrogen-bond donors (Lipinski definition) is 24. The molecule has 12 atom stereocenters. The fraction of sp³-hybridized carbons (Fsp3) is 0.532. The average molecular weight is 1780 g/mol. The molecule has 45 nitrogen and oxygen atoms in total. The zero-order valence-electron chi connectivity index (χ0n) is 70.1. The van der Waals surface area contributed by atoms with Crippen LogP contribution in [0.15, 0.2) is 78.2 Å². The monoisotopic (exact) mass is 1780 g/mol. The fourth-order valence-corrected chi connectivity index (χ4v) is 14.0. The number of hydrogen-bond acceptors (Lipinski definition) is 23. The minimum atomic E-state index is -4.50. The highest BCUT2D eigenvalue weighted by Crippen LogP contribution is 2.21. The van der Waals surface area contributed by atoms with Crippen molar-refractivity contribution >= 4 is 145 Å². The summed E-state index contributed by atoms with van der Waals surface area (Å²) in [5.41, 5.74) is 28.9. The number of carbonyl (C=O) groups excluding carboxylic acids is 17. The molecule has 0 saturated heterocycles. The van der Waals surface area contributed by atoms with Crippen molar-refractivity contribution in [3.63, 3.8) is 0 Å². The molecule has 0 saturated carbocycles. The van der Waals surface area contributed by atoms with Crippen LogP contribution in [0.5, 0.6) is 0 Å². The van der Waals surface area contributed by atoms with Gasteiger partial charge in [0.15, 0.2) is 5.96 Å². The van der Waals surface area contributed by atoms with E-state index in [9.17, 15) is 99.8 Å². The predicted molar refractivity (Wildman–Crippen MR) is 450 cm³/mol. The quantitative estimate of drug-likeness (QED) is 0.0111. The molecule has 2 aromatic carbocycles. The third-order valence-corrected chi connectivity index (χ3v) is 20.9. The number of nitrogens with one attached hydrogen (secondary N) is 18. The Kier molecular flexibility index (Phi) is 43.3. The number of H-pyrrole nitrogens is 2. The Hall–Kier alpha value is -12.8. The van der Waals surface area contributed by atoms with Gasteiger partial charge < -0.3 is 118 Å². The molecule has 4 rings (SSSR count). The molecule has 17 amide bonds. The second kappa shape index (κ2) is 51.8. The van der Waals surface area contributed by atoms with Crippen LogP contribution in [0.2, 0.25) is 0 Å². The highest BCUT2D eigenvalue weighted by atomic mass is 32.2. The highest BCUT2D eigenvalue weighted by molar-refractivity contribution is 7.98. The van der Waals surface area contributed by atoms with Crippen molar-refractivity contribution in [1.29, 1.82) is 5.41 Å². The first-order valence-electron chi connectivity index (χ1n) is 39.8. The van der Waals surface area contributed by atoms with Crippen LogP contribution in [0, 0.1) is 23.2 Å². The van der Waals surface area contributed by atoms with E-state index in [0.717, 1.165) is 0 Å². The molecular weight excluding hydrogens is 1660 g/mol. The molecular formula is C77H116N24O21S2. The number of imidazole rings is 1. The van der Waals surface area contributed by atoms with E-state index in [-0.39, 0.29) is 62.3 Å². The van der Waals surface area contributed by atoms with E-state index in [1.165, 1.54) is 61.5 Å². The molecule has 0 aliphatic rings. The molecule has 0 unspecified atom stereocenters. The third kappa shape index (κ3) is 37.3. The number of para-hydroxylation sites is 1. The van der Waals surface area contributed by atoms with E-state index in [0.29, 0.717) is 27.9 Å². The molecule has 124 heavy (non-hydrogen) atoms. The van der Waals surface area contributed by atoms with E-state index >= 15 is 0 Å². The number of nitrogens with two attached hydrogens (primary N) is 5. The number of thioether (sulfide) groups is 1. The zero-order chi connectivity index (χ0) is 92.7. The summed E-state index contributed by atoms with van der Waals surface area (Å²) in [5.74, 6) is -19.8. The number of sulfonamides is 1. The van der Waals surface area contributed by atoms with Gasteiger partial charge in [-0.3, -0.25) is 91.7 Å². The molecule has 29 N–H and O–H groups in total. The summed E-state index contributed by atoms with van der Waals surface area (Å²) in [4.78, 5) is 254. The maximum absolute atomic E-state index is 14.6. The Morgan fingerprint density at radius 1 is 0.476 bits per heavy atom. The Labute approximate surface area is 719 Å². The van der Waals surface area contributed by atoms with Crippen molar-refractivity contribution < 1.29 is 99.8 Å². The van der Waals surface area contributed by atoms with Gasteiger partial charge in [0.25, 0.3) is 0 Å². The Bertz CT molecular complexity index is 4510. The lowest BCUT2D eigenvalue weighted by atomic mass is 10.0. The molecule has 2 heterocycles. The first kappa shape index (κ1) is 104. The van der Waals surface area contributed by atoms with Crippen molar-refractivity contribution in [2.75, 3.05) is 31.6 Å². The van der Waals surface area contributed by atoms with Crippen LogP contribution < -0.4 is 108 Å². The van der Waals surface area contributed by atoms with Crippen LogP contribution in [0.25, 0.3) is 10.9 Å². The smallest absolute Gasteiger partial charge is 0.303 e. The summed E-state index contributed by atoms with van der Waals surface area (Å²) in [5, 5.41) is 52.3. The van der Waals surface area contributed by atoms with E-state index in [4.69, 9.17) is 34.1 Å². The summed E-state index contributed by atoms with van der Waals surface area (Å²) < 4.78 is 28.8. The number of aliphatic carboxylic acids is 1. The van der Waals surface area contributed by atoms with E-state index in [1.807, 2.05) is 6.26 Å². The molecule has 0 bridgehead atoms. The summed E-state index contributed by atoms with van der Waals surface area (Å²) >= 11 is 1.43. The van der Waals surface area contributed by atoms with Gasteiger partial charge in [-0.05, 0) is 112 Å². The second-order valence-corrected chi connectivity index (χ2v) is 33.1. The van der Waals surface area contributed by atoms with Gasteiger partial charge in [0.2, 0.25) is 110 Å². The van der Waals surface area contributed by atoms with Crippen molar-refractivity contribution in [3.05, 3.63) is 84.6 Å². The Balaban J connectivity index is 1.53. The number of carbonyl (C=O) groups is 18. The summed E-state index contributed by atoms with van der Waals surface area (Å²) in [6.45, 7) is 9.51. The van der Waals surface area contributed by atoms with Gasteiger partial charge in [-0.1, -0.05) is 77.9 Å². The van der Waals surface area contributed by atoms with Crippen molar-refractivity contribution in [2.24, 2.45) is 46.4 Å². The molecule has 682 valence electrons. The maximum Gasteiger partial charge on any atom is 0.303 e. The lowest BCUT2D eigenvalue weighted by Gasteiger charge is -2.27. The molecule has 4 aromatic rings. The second-order valence-electron chi connectivity index (χ2n) is 30.4. The normalized spacial score (nSPS) is 14.2. The maximum atomic E-state index is 14.6. The highest BCUT2D eigenvalue weighted by Gasteiger charge is 2.38. The third-order valence-electron chi connectivity index (χ3n) is 18.8. The van der Waals surface area contributed by atoms with Crippen LogP contribution in [0.4, 0.5) is 0 Å². The van der Waals surface area contributed by atoms with E-state index in [1.54, 1.807) is 72.0 Å². The molecule has 47 heteroatoms. The number of guanidine groups is 1. The number of primary amides is 4. The average Bonchev–Trinajstić information content (AvgIpc) is 1.62. The number of carboxylic acids is 1. The van der Waals surface area contributed by atoms with Gasteiger partial charge in [-0.2, -0.15) is 16.5 Å². The zero-order valence-corrected chi connectivity index (χ0v) is 71.7. The van der Waals surface area contributed by atoms with E-state index < -0.39 is 265 Å². The number of fused-ring (bicyclic) bond motifs is 1. The topological polar surface area (TPSA) is 741 Å². The minimum absolute atomic E-state index is 0.0159. The minimum Gasteiger partial charge on any atom is -0.481 e. The molecule has 0 fully saturated rings. The number of carboxylic acid groups (broad SMARTS) is 1. The first-order chi connectivity index (χ1) is 58.4. The lowest BCUT2D eigenvalue weighted by Crippen LogP contribution is -2.60. The van der Waals surface area contributed by atoms with Crippen LogP contribution in [-0.2, 0) is 109 Å². The van der Waals surface area contributed by atoms with Gasteiger partial charge in [-0.25, -0.2) is 13.4 Å². The van der Waals surface area contributed by atoms with Crippen LogP contribution in [0.3, 0.4) is 0 Å². The largest absolute Gasteiger partial charge is 0.481 e. The van der Waals surface area contributed by atoms with Gasteiger partial charge in [-0.15, -0.1) is 0 Å². The Morgan fingerprint density at radius 2 is 0.944 bits per heavy atom. The molecule has 0 radical (unpaired) electrons. The number of aromatic amines is 2. The van der Waals surface area contributed by atoms with Gasteiger partial charge in [0.05, 0.1) is 36.4 Å². The Morgan fingerprint density at radius 3 is 1.46 bits per heavy atom. The van der Waals surface area contributed by atoms with E-state index in [2.05, 4.69) is 94.1 Å². The van der Waals surface area contributed by atoms with Crippen LogP contribution in [0.1, 0.15) is 137 Å². The SMILES string of the molecule is CSCC[C@H](NC(=O)[C@H](CC(C)C)NC(=O)[C@H](Cc1c[nH]cn1)NC(=O)CNC(=O)[C@@H](NC(=O)[C@H](C)NC(=O)[C@H](Cc1c[nH]c2ccccc12)NC(=O)[C@H](CCC(N)=O)NC(=O)[C@H](CC(N)=O)NC(=O)CNC(=O)[C@H](CC(C)C)NC(=O)[C@H](CCCNC(=N)N)NC(=O)[C@H](CCC(N)=O)NC(=O)[C@H](CCC(=O)O)NS(=O)(=O)c1ccccc1)C(C)C)C(N)=O. The van der Waals surface area contributed by atoms with Crippen molar-refractivity contribution in [1.82, 2.24) is 94.1 Å². The van der Waals surface area contributed by atoms with Crippen LogP contribution in [-0.4, -0.2) is 245 Å². The van der Waals surface area contributed by atoms with Crippen molar-refractivity contribution in [3.8, 4) is 0 Å². The van der Waals surface area contributed by atoms with Crippen LogP contribution >= 0.6 is 11.8 Å². The van der Waals surface area contributed by atoms with Crippen molar-refractivity contribution in [2.45, 2.75) is 216 Å². The van der Waals surface area contributed by atoms with Gasteiger partial charge >= 0.3 is 5.97 Å². The number of rotatable bonds is 57. The number of amides is 17. The first-order valence-corrected chi connectivity index (χ1v) is 42.7.